The standard InChI is InChI=1S/C11H6BBrO3/c12-5-9(14)10-3-6-1-2-7(13)4-8(6)11(15)16-10/h1-4H,5H2. The Balaban J connectivity index is 2.73. The summed E-state index contributed by atoms with van der Waals surface area (Å²) in [6.07, 6.45) is -0.176. The van der Waals surface area contributed by atoms with Crippen molar-refractivity contribution < 1.29 is 9.21 Å². The highest BCUT2D eigenvalue weighted by atomic mass is 79.9. The van der Waals surface area contributed by atoms with Gasteiger partial charge in [-0.15, -0.1) is 0 Å². The number of carbonyl (C=O) groups is 1. The fourth-order valence-electron chi connectivity index (χ4n) is 1.39. The van der Waals surface area contributed by atoms with Crippen LogP contribution in [0.15, 0.2) is 37.9 Å². The molecule has 0 aliphatic carbocycles. The smallest absolute Gasteiger partial charge is 0.344 e. The third-order valence-electron chi connectivity index (χ3n) is 2.18. The summed E-state index contributed by atoms with van der Waals surface area (Å²) in [5.41, 5.74) is -0.532. The molecule has 16 heavy (non-hydrogen) atoms. The maximum atomic E-state index is 11.6. The van der Waals surface area contributed by atoms with Gasteiger partial charge in [0.05, 0.1) is 13.2 Å². The van der Waals surface area contributed by atoms with E-state index in [1.807, 2.05) is 0 Å². The van der Waals surface area contributed by atoms with Gasteiger partial charge in [-0.3, -0.25) is 4.79 Å². The van der Waals surface area contributed by atoms with Crippen molar-refractivity contribution in [1.29, 1.82) is 0 Å². The highest BCUT2D eigenvalue weighted by Crippen LogP contribution is 2.18. The Morgan fingerprint density at radius 2 is 2.12 bits per heavy atom. The largest absolute Gasteiger partial charge is 0.419 e. The van der Waals surface area contributed by atoms with E-state index < -0.39 is 5.63 Å². The van der Waals surface area contributed by atoms with Crippen molar-refractivity contribution in [2.75, 3.05) is 0 Å². The van der Waals surface area contributed by atoms with Gasteiger partial charge in [0.25, 0.3) is 0 Å². The van der Waals surface area contributed by atoms with E-state index in [1.165, 1.54) is 6.07 Å². The molecule has 0 saturated carbocycles. The van der Waals surface area contributed by atoms with Crippen LogP contribution in [0.5, 0.6) is 0 Å². The van der Waals surface area contributed by atoms with Crippen LogP contribution in [0.4, 0.5) is 0 Å². The van der Waals surface area contributed by atoms with Crippen LogP contribution in [-0.4, -0.2) is 13.6 Å². The highest BCUT2D eigenvalue weighted by Gasteiger charge is 2.10. The Morgan fingerprint density at radius 3 is 2.81 bits per heavy atom. The lowest BCUT2D eigenvalue weighted by molar-refractivity contribution is 0.0984. The summed E-state index contributed by atoms with van der Waals surface area (Å²) in [6.45, 7) is 0. The molecule has 0 amide bonds. The van der Waals surface area contributed by atoms with Gasteiger partial charge in [0, 0.05) is 4.47 Å². The third kappa shape index (κ3) is 1.95. The number of hydrogen-bond donors (Lipinski definition) is 0. The second-order valence-corrected chi connectivity index (χ2v) is 4.17. The number of hydrogen-bond acceptors (Lipinski definition) is 3. The number of fused-ring (bicyclic) bond motifs is 1. The van der Waals surface area contributed by atoms with Crippen LogP contribution in [0, 0.1) is 0 Å². The molecule has 2 rings (SSSR count). The van der Waals surface area contributed by atoms with Crippen LogP contribution in [0.3, 0.4) is 0 Å². The lowest BCUT2D eigenvalue weighted by Crippen LogP contribution is -2.06. The van der Waals surface area contributed by atoms with E-state index in [4.69, 9.17) is 12.3 Å². The summed E-state index contributed by atoms with van der Waals surface area (Å²) >= 11 is 3.26. The molecule has 0 N–H and O–H groups in total. The molecule has 2 aromatic rings. The number of halogens is 1. The van der Waals surface area contributed by atoms with Gasteiger partial charge in [0.1, 0.15) is 0 Å². The van der Waals surface area contributed by atoms with Gasteiger partial charge in [-0.2, -0.15) is 0 Å². The van der Waals surface area contributed by atoms with E-state index >= 15 is 0 Å². The summed E-state index contributed by atoms with van der Waals surface area (Å²) in [5.74, 6) is -0.385. The van der Waals surface area contributed by atoms with Crippen molar-refractivity contribution in [2.24, 2.45) is 0 Å². The van der Waals surface area contributed by atoms with Gasteiger partial charge in [-0.1, -0.05) is 22.0 Å². The molecular weight excluding hydrogens is 271 g/mol. The van der Waals surface area contributed by atoms with Crippen molar-refractivity contribution in [2.45, 2.75) is 6.32 Å². The Morgan fingerprint density at radius 1 is 1.38 bits per heavy atom. The zero-order chi connectivity index (χ0) is 11.7. The van der Waals surface area contributed by atoms with Crippen LogP contribution in [-0.2, 0) is 0 Å². The van der Waals surface area contributed by atoms with Crippen LogP contribution < -0.4 is 5.63 Å². The van der Waals surface area contributed by atoms with Gasteiger partial charge >= 0.3 is 5.63 Å². The number of Topliss-reactive ketones (excluding diaryl/α,β-unsaturated/α-hetero) is 1. The minimum absolute atomic E-state index is 0.00215. The van der Waals surface area contributed by atoms with E-state index in [9.17, 15) is 9.59 Å². The van der Waals surface area contributed by atoms with Crippen molar-refractivity contribution in [3.8, 4) is 0 Å². The SMILES string of the molecule is [B]CC(=O)c1cc2ccc(Br)cc2c(=O)o1. The highest BCUT2D eigenvalue weighted by molar-refractivity contribution is 9.10. The lowest BCUT2D eigenvalue weighted by atomic mass is 9.99. The quantitative estimate of drug-likeness (QED) is 0.625. The molecule has 0 unspecified atom stereocenters. The molecule has 0 saturated heterocycles. The van der Waals surface area contributed by atoms with Gasteiger partial charge in [-0.25, -0.2) is 4.79 Å². The Kier molecular flexibility index (Phi) is 2.96. The molecule has 0 spiro atoms. The first kappa shape index (κ1) is 11.1. The molecule has 0 atom stereocenters. The first-order valence-corrected chi connectivity index (χ1v) is 5.38. The number of ketones is 1. The number of rotatable bonds is 2. The van der Waals surface area contributed by atoms with Crippen molar-refractivity contribution in [1.82, 2.24) is 0 Å². The van der Waals surface area contributed by atoms with Gasteiger partial charge < -0.3 is 4.42 Å². The van der Waals surface area contributed by atoms with E-state index in [-0.39, 0.29) is 17.9 Å². The zero-order valence-corrected chi connectivity index (χ0v) is 9.78. The second-order valence-electron chi connectivity index (χ2n) is 3.26. The molecule has 2 radical (unpaired) electrons. The van der Waals surface area contributed by atoms with Gasteiger partial charge in [0.15, 0.2) is 11.5 Å². The van der Waals surface area contributed by atoms with E-state index in [0.29, 0.717) is 10.8 Å². The van der Waals surface area contributed by atoms with Crippen molar-refractivity contribution in [3.63, 3.8) is 0 Å². The summed E-state index contributed by atoms with van der Waals surface area (Å²) in [7, 11) is 5.20. The van der Waals surface area contributed by atoms with Gasteiger partial charge in [-0.05, 0) is 29.9 Å². The Hall–Kier alpha value is -1.36. The summed E-state index contributed by atoms with van der Waals surface area (Å²) in [5, 5.41) is 1.10. The topological polar surface area (TPSA) is 47.3 Å². The molecular formula is C11H6BBrO3. The predicted octanol–water partition coefficient (Wildman–Crippen LogP) is 2.33. The van der Waals surface area contributed by atoms with Crippen LogP contribution in [0.25, 0.3) is 10.8 Å². The van der Waals surface area contributed by atoms with E-state index in [1.54, 1.807) is 18.2 Å². The first-order chi connectivity index (χ1) is 7.61. The molecule has 1 aromatic heterocycles. The molecule has 3 nitrogen and oxygen atoms in total. The molecule has 1 heterocycles. The van der Waals surface area contributed by atoms with Crippen LogP contribution in [0.1, 0.15) is 10.6 Å². The number of benzene rings is 1. The minimum atomic E-state index is -0.532. The number of carbonyl (C=O) groups excluding carboxylic acids is 1. The van der Waals surface area contributed by atoms with E-state index in [0.717, 1.165) is 4.47 Å². The van der Waals surface area contributed by atoms with E-state index in [2.05, 4.69) is 15.9 Å². The van der Waals surface area contributed by atoms with Crippen LogP contribution >= 0.6 is 15.9 Å². The molecule has 78 valence electrons. The normalized spacial score (nSPS) is 10.6. The molecule has 5 heteroatoms. The summed E-state index contributed by atoms with van der Waals surface area (Å²) in [6, 6.07) is 6.71. The third-order valence-corrected chi connectivity index (χ3v) is 2.68. The molecule has 0 aliphatic heterocycles. The van der Waals surface area contributed by atoms with Gasteiger partial charge in [0.2, 0.25) is 0 Å². The maximum absolute atomic E-state index is 11.6. The first-order valence-electron chi connectivity index (χ1n) is 4.58. The van der Waals surface area contributed by atoms with Crippen LogP contribution in [0.2, 0.25) is 6.32 Å². The summed E-state index contributed by atoms with van der Waals surface area (Å²) in [4.78, 5) is 22.9. The fraction of sp³-hybridized carbons (Fsp3) is 0.0909. The predicted molar refractivity (Wildman–Crippen MR) is 65.1 cm³/mol. The minimum Gasteiger partial charge on any atom is -0.419 e. The lowest BCUT2D eigenvalue weighted by Gasteiger charge is -2.00. The maximum Gasteiger partial charge on any atom is 0.344 e. The average molecular weight is 277 g/mol. The Labute approximate surface area is 101 Å². The molecule has 1 aromatic carbocycles. The van der Waals surface area contributed by atoms with Crippen molar-refractivity contribution in [3.05, 3.63) is 44.9 Å². The monoisotopic (exact) mass is 276 g/mol. The molecule has 0 aliphatic rings. The molecule has 0 bridgehead atoms. The zero-order valence-electron chi connectivity index (χ0n) is 8.20. The summed E-state index contributed by atoms with van der Waals surface area (Å²) < 4.78 is 5.67. The second kappa shape index (κ2) is 4.25. The van der Waals surface area contributed by atoms with Crippen molar-refractivity contribution >= 4 is 40.3 Å². The Bertz CT molecular complexity index is 618. The fourth-order valence-corrected chi connectivity index (χ4v) is 1.76. The molecule has 0 fully saturated rings. The average Bonchev–Trinajstić information content (AvgIpc) is 2.28.